The quantitative estimate of drug-likeness (QED) is 0.388. The van der Waals surface area contributed by atoms with Gasteiger partial charge in [0.2, 0.25) is 0 Å². The van der Waals surface area contributed by atoms with Crippen molar-refractivity contribution < 1.29 is 19.1 Å². The van der Waals surface area contributed by atoms with Crippen LogP contribution in [0, 0.1) is 5.82 Å². The zero-order valence-electron chi connectivity index (χ0n) is 17.5. The third-order valence-electron chi connectivity index (χ3n) is 4.83. The minimum absolute atomic E-state index is 0.178. The van der Waals surface area contributed by atoms with Crippen LogP contribution in [-0.2, 0) is 4.79 Å². The van der Waals surface area contributed by atoms with E-state index in [4.69, 9.17) is 5.11 Å². The molecule has 0 bridgehead atoms. The van der Waals surface area contributed by atoms with Gasteiger partial charge in [0, 0.05) is 30.9 Å². The van der Waals surface area contributed by atoms with Crippen LogP contribution in [0.15, 0.2) is 48.5 Å². The Kier molecular flexibility index (Phi) is 9.06. The Balaban J connectivity index is 2.04. The van der Waals surface area contributed by atoms with Crippen molar-refractivity contribution in [2.24, 2.45) is 0 Å². The number of urea groups is 1. The van der Waals surface area contributed by atoms with Crippen molar-refractivity contribution in [1.82, 2.24) is 5.32 Å². The highest BCUT2D eigenvalue weighted by molar-refractivity contribution is 5.92. The summed E-state index contributed by atoms with van der Waals surface area (Å²) in [6.07, 6.45) is 7.79. The van der Waals surface area contributed by atoms with Gasteiger partial charge in [-0.05, 0) is 41.8 Å². The number of anilines is 1. The van der Waals surface area contributed by atoms with E-state index in [1.807, 2.05) is 24.3 Å². The molecule has 6 heteroatoms. The molecule has 0 unspecified atom stereocenters. The number of benzene rings is 2. The standard InChI is InChI=1S/C24H29FN2O3/c1-3-4-5-6-7-15-26-24(30)27(2)21-10-8-9-19(16-21)20-12-11-18(22(25)17-20)13-14-23(28)29/h8-14,16-17H,3-7,15H2,1-2H3,(H,26,30)(H,28,29). The molecule has 0 aliphatic heterocycles. The Hall–Kier alpha value is -3.15. The molecule has 0 radical (unpaired) electrons. The largest absolute Gasteiger partial charge is 0.478 e. The third-order valence-corrected chi connectivity index (χ3v) is 4.83. The monoisotopic (exact) mass is 412 g/mol. The maximum absolute atomic E-state index is 14.3. The van der Waals surface area contributed by atoms with Crippen LogP contribution in [-0.4, -0.2) is 30.7 Å². The highest BCUT2D eigenvalue weighted by Crippen LogP contribution is 2.26. The molecule has 2 N–H and O–H groups in total. The van der Waals surface area contributed by atoms with Gasteiger partial charge in [0.15, 0.2) is 0 Å². The molecule has 2 rings (SSSR count). The van der Waals surface area contributed by atoms with Gasteiger partial charge in [0.1, 0.15) is 5.82 Å². The average Bonchev–Trinajstić information content (AvgIpc) is 2.74. The maximum atomic E-state index is 14.3. The maximum Gasteiger partial charge on any atom is 0.328 e. The van der Waals surface area contributed by atoms with Crippen LogP contribution in [0.4, 0.5) is 14.9 Å². The average molecular weight is 413 g/mol. The lowest BCUT2D eigenvalue weighted by Crippen LogP contribution is -2.37. The molecular weight excluding hydrogens is 383 g/mol. The molecule has 0 heterocycles. The zero-order chi connectivity index (χ0) is 21.9. The number of carbonyl (C=O) groups is 2. The summed E-state index contributed by atoms with van der Waals surface area (Å²) in [6.45, 7) is 2.81. The van der Waals surface area contributed by atoms with Crippen molar-refractivity contribution in [3.8, 4) is 11.1 Å². The van der Waals surface area contributed by atoms with Crippen LogP contribution in [0.1, 0.15) is 44.6 Å². The second kappa shape index (κ2) is 11.8. The van der Waals surface area contributed by atoms with Crippen LogP contribution < -0.4 is 10.2 Å². The first-order chi connectivity index (χ1) is 14.4. The van der Waals surface area contributed by atoms with E-state index < -0.39 is 11.8 Å². The Labute approximate surface area is 177 Å². The van der Waals surface area contributed by atoms with E-state index >= 15 is 0 Å². The molecule has 0 aromatic heterocycles. The summed E-state index contributed by atoms with van der Waals surface area (Å²) < 4.78 is 14.3. The number of unbranched alkanes of at least 4 members (excludes halogenated alkanes) is 4. The van der Waals surface area contributed by atoms with E-state index in [1.165, 1.54) is 42.4 Å². The lowest BCUT2D eigenvalue weighted by atomic mass is 10.0. The molecule has 2 amide bonds. The van der Waals surface area contributed by atoms with Gasteiger partial charge in [-0.2, -0.15) is 0 Å². The molecule has 0 fully saturated rings. The first kappa shape index (κ1) is 23.1. The summed E-state index contributed by atoms with van der Waals surface area (Å²) in [5, 5.41) is 11.6. The molecule has 0 aliphatic carbocycles. The van der Waals surface area contributed by atoms with Gasteiger partial charge in [-0.15, -0.1) is 0 Å². The number of aliphatic carboxylic acids is 1. The molecule has 0 spiro atoms. The van der Waals surface area contributed by atoms with Gasteiger partial charge in [0.25, 0.3) is 0 Å². The van der Waals surface area contributed by atoms with E-state index in [2.05, 4.69) is 12.2 Å². The van der Waals surface area contributed by atoms with E-state index in [1.54, 1.807) is 13.1 Å². The summed E-state index contributed by atoms with van der Waals surface area (Å²) >= 11 is 0. The molecule has 160 valence electrons. The number of nitrogens with zero attached hydrogens (tertiary/aromatic N) is 1. The molecule has 5 nitrogen and oxygen atoms in total. The summed E-state index contributed by atoms with van der Waals surface area (Å²) in [4.78, 5) is 24.5. The number of hydrogen-bond donors (Lipinski definition) is 2. The van der Waals surface area contributed by atoms with Crippen LogP contribution in [0.2, 0.25) is 0 Å². The molecule has 2 aromatic carbocycles. The van der Waals surface area contributed by atoms with Crippen molar-refractivity contribution in [2.45, 2.75) is 39.0 Å². The SMILES string of the molecule is CCCCCCCNC(=O)N(C)c1cccc(-c2ccc(C=CC(=O)O)c(F)c2)c1. The molecule has 0 aliphatic rings. The predicted molar refractivity (Wildman–Crippen MR) is 119 cm³/mol. The Morgan fingerprint density at radius 3 is 2.50 bits per heavy atom. The summed E-state index contributed by atoms with van der Waals surface area (Å²) in [5.74, 6) is -1.64. The molecule has 0 saturated carbocycles. The fraction of sp³-hybridized carbons (Fsp3) is 0.333. The third kappa shape index (κ3) is 7.03. The van der Waals surface area contributed by atoms with Crippen LogP contribution in [0.3, 0.4) is 0 Å². The van der Waals surface area contributed by atoms with Crippen LogP contribution >= 0.6 is 0 Å². The smallest absolute Gasteiger partial charge is 0.328 e. The second-order valence-corrected chi connectivity index (χ2v) is 7.16. The number of rotatable bonds is 10. The van der Waals surface area contributed by atoms with Crippen LogP contribution in [0.5, 0.6) is 0 Å². The van der Waals surface area contributed by atoms with Gasteiger partial charge >= 0.3 is 12.0 Å². The van der Waals surface area contributed by atoms with Gasteiger partial charge in [-0.3, -0.25) is 4.90 Å². The van der Waals surface area contributed by atoms with Crippen molar-refractivity contribution in [1.29, 1.82) is 0 Å². The molecule has 30 heavy (non-hydrogen) atoms. The minimum atomic E-state index is -1.13. The normalized spacial score (nSPS) is 10.9. The number of carbonyl (C=O) groups excluding carboxylic acids is 1. The van der Waals surface area contributed by atoms with Crippen molar-refractivity contribution >= 4 is 23.8 Å². The number of hydrogen-bond acceptors (Lipinski definition) is 2. The lowest BCUT2D eigenvalue weighted by molar-refractivity contribution is -0.131. The highest BCUT2D eigenvalue weighted by atomic mass is 19.1. The Bertz CT molecular complexity index is 896. The van der Waals surface area contributed by atoms with Crippen molar-refractivity contribution in [3.63, 3.8) is 0 Å². The number of halogens is 1. The predicted octanol–water partition coefficient (Wildman–Crippen LogP) is 5.71. The molecular formula is C24H29FN2O3. The Morgan fingerprint density at radius 1 is 1.07 bits per heavy atom. The van der Waals surface area contributed by atoms with Gasteiger partial charge in [-0.1, -0.05) is 56.9 Å². The van der Waals surface area contributed by atoms with Crippen LogP contribution in [0.25, 0.3) is 17.2 Å². The minimum Gasteiger partial charge on any atom is -0.478 e. The number of carboxylic acid groups (broad SMARTS) is 1. The van der Waals surface area contributed by atoms with E-state index in [0.717, 1.165) is 24.5 Å². The van der Waals surface area contributed by atoms with Gasteiger partial charge in [0.05, 0.1) is 0 Å². The van der Waals surface area contributed by atoms with Crippen molar-refractivity contribution in [3.05, 3.63) is 59.9 Å². The molecule has 0 atom stereocenters. The summed E-state index contributed by atoms with van der Waals surface area (Å²) in [6, 6.07) is 11.7. The summed E-state index contributed by atoms with van der Waals surface area (Å²) in [5.41, 5.74) is 2.31. The number of nitrogens with one attached hydrogen (secondary N) is 1. The van der Waals surface area contributed by atoms with Gasteiger partial charge in [-0.25, -0.2) is 14.0 Å². The van der Waals surface area contributed by atoms with E-state index in [0.29, 0.717) is 17.8 Å². The molecule has 2 aromatic rings. The first-order valence-corrected chi connectivity index (χ1v) is 10.2. The fourth-order valence-corrected chi connectivity index (χ4v) is 3.06. The van der Waals surface area contributed by atoms with Gasteiger partial charge < -0.3 is 10.4 Å². The summed E-state index contributed by atoms with van der Waals surface area (Å²) in [7, 11) is 1.70. The number of amides is 2. The van der Waals surface area contributed by atoms with E-state index in [-0.39, 0.29) is 11.6 Å². The fourth-order valence-electron chi connectivity index (χ4n) is 3.06. The van der Waals surface area contributed by atoms with Crippen molar-refractivity contribution in [2.75, 3.05) is 18.5 Å². The highest BCUT2D eigenvalue weighted by Gasteiger charge is 2.11. The lowest BCUT2D eigenvalue weighted by Gasteiger charge is -2.19. The second-order valence-electron chi connectivity index (χ2n) is 7.16. The molecule has 0 saturated heterocycles. The first-order valence-electron chi connectivity index (χ1n) is 10.2. The van der Waals surface area contributed by atoms with E-state index in [9.17, 15) is 14.0 Å². The number of carboxylic acids is 1. The topological polar surface area (TPSA) is 69.6 Å². The Morgan fingerprint density at radius 2 is 1.80 bits per heavy atom. The zero-order valence-corrected chi connectivity index (χ0v) is 17.5.